The van der Waals surface area contributed by atoms with Gasteiger partial charge in [-0.3, -0.25) is 0 Å². The largest absolute Gasteiger partial charge is 0.434 e. The van der Waals surface area contributed by atoms with Crippen LogP contribution in [0.2, 0.25) is 0 Å². The summed E-state index contributed by atoms with van der Waals surface area (Å²) in [4.78, 5) is 9.33. The van der Waals surface area contributed by atoms with Crippen molar-refractivity contribution in [2.75, 3.05) is 33.2 Å². The lowest BCUT2D eigenvalue weighted by Crippen LogP contribution is -2.47. The molecule has 2 aliphatic rings. The van der Waals surface area contributed by atoms with Gasteiger partial charge in [-0.2, -0.15) is 5.21 Å². The van der Waals surface area contributed by atoms with Crippen molar-refractivity contribution < 1.29 is 4.74 Å². The highest BCUT2D eigenvalue weighted by Gasteiger charge is 2.27. The van der Waals surface area contributed by atoms with Crippen LogP contribution in [-0.2, 0) is 0 Å². The Kier molecular flexibility index (Phi) is 2.85. The second-order valence-electron chi connectivity index (χ2n) is 5.27. The van der Waals surface area contributed by atoms with Crippen LogP contribution >= 0.6 is 0 Å². The number of fused-ring (bicyclic) bond motifs is 2. The Bertz CT molecular complexity index is 686. The predicted octanol–water partition coefficient (Wildman–Crippen LogP) is 1.24. The number of hydrogen-bond acceptors (Lipinski definition) is 6. The minimum atomic E-state index is 0.484. The molecule has 21 heavy (non-hydrogen) atoms. The van der Waals surface area contributed by atoms with Gasteiger partial charge in [0.25, 0.3) is 5.88 Å². The lowest BCUT2D eigenvalue weighted by molar-refractivity contribution is 0.215. The van der Waals surface area contributed by atoms with Gasteiger partial charge in [0, 0.05) is 26.2 Å². The van der Waals surface area contributed by atoms with Gasteiger partial charge in [0.1, 0.15) is 5.69 Å². The third kappa shape index (κ3) is 2.15. The summed E-state index contributed by atoms with van der Waals surface area (Å²) in [5, 5.41) is 11.0. The number of hydrogen-bond donors (Lipinski definition) is 1. The summed E-state index contributed by atoms with van der Waals surface area (Å²) < 4.78 is 5.83. The molecule has 0 aliphatic carbocycles. The summed E-state index contributed by atoms with van der Waals surface area (Å²) >= 11 is 0. The fourth-order valence-electron chi connectivity index (χ4n) is 2.58. The van der Waals surface area contributed by atoms with Crippen LogP contribution in [-0.4, -0.2) is 64.3 Å². The smallest absolute Gasteiger partial charge is 0.270 e. The van der Waals surface area contributed by atoms with E-state index in [1.165, 1.54) is 0 Å². The number of likely N-dealkylation sites (N-methyl/N-ethyl adjacent to an activating group) is 1. The number of aromatic nitrogens is 3. The van der Waals surface area contributed by atoms with E-state index in [9.17, 15) is 0 Å². The normalized spacial score (nSPS) is 18.3. The van der Waals surface area contributed by atoms with E-state index >= 15 is 0 Å². The van der Waals surface area contributed by atoms with Crippen LogP contribution < -0.4 is 4.74 Å². The zero-order valence-corrected chi connectivity index (χ0v) is 11.8. The van der Waals surface area contributed by atoms with E-state index in [0.717, 1.165) is 37.7 Å². The highest BCUT2D eigenvalue weighted by Crippen LogP contribution is 2.35. The standard InChI is InChI=1S/C14H16N6O/c1-19-6-8-20(9-7-19)13-12-14(17-18-16-12)21-11-5-3-2-4-10(11)15-13/h2-5H,6-9H2,1H3,(H,16,17,18). The quantitative estimate of drug-likeness (QED) is 0.788. The van der Waals surface area contributed by atoms with Crippen LogP contribution in [0, 0.1) is 0 Å². The molecule has 1 fully saturated rings. The van der Waals surface area contributed by atoms with Crippen molar-refractivity contribution in [3.63, 3.8) is 0 Å². The van der Waals surface area contributed by atoms with Gasteiger partial charge in [-0.25, -0.2) is 4.99 Å². The third-order valence-corrected chi connectivity index (χ3v) is 3.83. The molecule has 1 N–H and O–H groups in total. The van der Waals surface area contributed by atoms with Crippen LogP contribution in [0.5, 0.6) is 11.6 Å². The van der Waals surface area contributed by atoms with E-state index in [1.54, 1.807) is 0 Å². The number of piperazine rings is 1. The molecular formula is C14H16N6O. The summed E-state index contributed by atoms with van der Waals surface area (Å²) in [6.45, 7) is 3.86. The van der Waals surface area contributed by atoms with Crippen LogP contribution in [0.4, 0.5) is 5.69 Å². The zero-order valence-electron chi connectivity index (χ0n) is 11.8. The first kappa shape index (κ1) is 12.3. The van der Waals surface area contributed by atoms with E-state index in [0.29, 0.717) is 17.3 Å². The van der Waals surface area contributed by atoms with Gasteiger partial charge in [-0.1, -0.05) is 12.1 Å². The molecule has 3 heterocycles. The lowest BCUT2D eigenvalue weighted by atomic mass is 10.2. The first-order valence-corrected chi connectivity index (χ1v) is 7.01. The van der Waals surface area contributed by atoms with E-state index in [-0.39, 0.29) is 0 Å². The molecule has 0 bridgehead atoms. The van der Waals surface area contributed by atoms with Crippen molar-refractivity contribution in [3.05, 3.63) is 30.0 Å². The molecular weight excluding hydrogens is 268 g/mol. The van der Waals surface area contributed by atoms with Gasteiger partial charge in [-0.15, -0.1) is 10.2 Å². The molecule has 1 saturated heterocycles. The molecule has 0 radical (unpaired) electrons. The topological polar surface area (TPSA) is 69.6 Å². The number of aliphatic imine (C=N–C) groups is 1. The maximum absolute atomic E-state index is 5.83. The first-order chi connectivity index (χ1) is 10.3. The number of para-hydroxylation sites is 2. The SMILES string of the molecule is CN1CCN(C2=Nc3ccccc3Oc3n[nH]nc32)CC1. The molecule has 1 aromatic heterocycles. The van der Waals surface area contributed by atoms with E-state index in [1.807, 2.05) is 24.3 Å². The first-order valence-electron chi connectivity index (χ1n) is 7.01. The molecule has 7 heteroatoms. The van der Waals surface area contributed by atoms with Crippen molar-refractivity contribution in [3.8, 4) is 11.6 Å². The van der Waals surface area contributed by atoms with Crippen molar-refractivity contribution in [2.24, 2.45) is 4.99 Å². The summed E-state index contributed by atoms with van der Waals surface area (Å²) in [5.74, 6) is 2.02. The van der Waals surface area contributed by atoms with Crippen LogP contribution in [0.1, 0.15) is 5.69 Å². The summed E-state index contributed by atoms with van der Waals surface area (Å²) in [7, 11) is 2.13. The molecule has 0 unspecified atom stereocenters. The number of rotatable bonds is 0. The number of nitrogens with one attached hydrogen (secondary N) is 1. The number of ether oxygens (including phenoxy) is 1. The molecule has 4 rings (SSSR count). The summed E-state index contributed by atoms with van der Waals surface area (Å²) in [5.41, 5.74) is 1.49. The Balaban J connectivity index is 1.79. The molecule has 7 nitrogen and oxygen atoms in total. The predicted molar refractivity (Wildman–Crippen MR) is 78.2 cm³/mol. The molecule has 108 valence electrons. The van der Waals surface area contributed by atoms with Gasteiger partial charge in [-0.05, 0) is 19.2 Å². The van der Waals surface area contributed by atoms with Gasteiger partial charge < -0.3 is 14.5 Å². The van der Waals surface area contributed by atoms with Crippen molar-refractivity contribution in [1.82, 2.24) is 25.2 Å². The van der Waals surface area contributed by atoms with E-state index in [4.69, 9.17) is 9.73 Å². The highest BCUT2D eigenvalue weighted by molar-refractivity contribution is 6.01. The fourth-order valence-corrected chi connectivity index (χ4v) is 2.58. The van der Waals surface area contributed by atoms with Gasteiger partial charge in [0.05, 0.1) is 0 Å². The van der Waals surface area contributed by atoms with Crippen LogP contribution in [0.15, 0.2) is 29.3 Å². The molecule has 0 amide bonds. The van der Waals surface area contributed by atoms with Gasteiger partial charge in [0.15, 0.2) is 17.3 Å². The number of benzene rings is 1. The van der Waals surface area contributed by atoms with Crippen LogP contribution in [0.3, 0.4) is 0 Å². The third-order valence-electron chi connectivity index (χ3n) is 3.83. The Morgan fingerprint density at radius 1 is 1.10 bits per heavy atom. The minimum absolute atomic E-state index is 0.484. The Labute approximate surface area is 122 Å². The highest BCUT2D eigenvalue weighted by atomic mass is 16.5. The molecule has 1 aromatic carbocycles. The van der Waals surface area contributed by atoms with Crippen molar-refractivity contribution in [2.45, 2.75) is 0 Å². The summed E-state index contributed by atoms with van der Waals surface area (Å²) in [6.07, 6.45) is 0. The van der Waals surface area contributed by atoms with Gasteiger partial charge >= 0.3 is 0 Å². The second-order valence-corrected chi connectivity index (χ2v) is 5.27. The maximum Gasteiger partial charge on any atom is 0.270 e. The maximum atomic E-state index is 5.83. The molecule has 2 aromatic rings. The van der Waals surface area contributed by atoms with Crippen molar-refractivity contribution in [1.29, 1.82) is 0 Å². The molecule has 0 atom stereocenters. The minimum Gasteiger partial charge on any atom is -0.434 e. The Morgan fingerprint density at radius 3 is 2.76 bits per heavy atom. The summed E-state index contributed by atoms with van der Waals surface area (Å²) in [6, 6.07) is 7.72. The van der Waals surface area contributed by atoms with E-state index < -0.39 is 0 Å². The molecule has 2 aliphatic heterocycles. The Hall–Kier alpha value is -2.41. The zero-order chi connectivity index (χ0) is 14.2. The van der Waals surface area contributed by atoms with E-state index in [2.05, 4.69) is 32.3 Å². The lowest BCUT2D eigenvalue weighted by Gasteiger charge is -2.33. The average Bonchev–Trinajstić information content (AvgIpc) is 2.89. The monoisotopic (exact) mass is 284 g/mol. The molecule has 0 spiro atoms. The number of aromatic amines is 1. The number of H-pyrrole nitrogens is 1. The second kappa shape index (κ2) is 4.85. The van der Waals surface area contributed by atoms with Crippen LogP contribution in [0.25, 0.3) is 0 Å². The average molecular weight is 284 g/mol. The fraction of sp³-hybridized carbons (Fsp3) is 0.357. The van der Waals surface area contributed by atoms with Gasteiger partial charge in [0.2, 0.25) is 0 Å². The number of nitrogens with zero attached hydrogens (tertiary/aromatic N) is 5. The van der Waals surface area contributed by atoms with Crippen molar-refractivity contribution >= 4 is 11.5 Å². The number of amidine groups is 1. The molecule has 0 saturated carbocycles. The Morgan fingerprint density at radius 2 is 1.90 bits per heavy atom.